The maximum Gasteiger partial charge on any atom is 0.0319 e. The van der Waals surface area contributed by atoms with Crippen molar-refractivity contribution in [2.75, 3.05) is 19.6 Å². The van der Waals surface area contributed by atoms with Gasteiger partial charge in [0.15, 0.2) is 0 Å². The Hall–Kier alpha value is -0.860. The first-order chi connectivity index (χ1) is 8.58. The quantitative estimate of drug-likeness (QED) is 0.862. The molecule has 1 N–H and O–H groups in total. The van der Waals surface area contributed by atoms with Crippen molar-refractivity contribution in [1.29, 1.82) is 0 Å². The lowest BCUT2D eigenvalue weighted by Gasteiger charge is -2.36. The van der Waals surface area contributed by atoms with E-state index < -0.39 is 0 Å². The number of hydrogen-bond donors (Lipinski definition) is 1. The van der Waals surface area contributed by atoms with Crippen molar-refractivity contribution >= 4 is 0 Å². The summed E-state index contributed by atoms with van der Waals surface area (Å²) >= 11 is 0. The van der Waals surface area contributed by atoms with Crippen molar-refractivity contribution < 1.29 is 0 Å². The average molecular weight is 246 g/mol. The molecule has 1 unspecified atom stereocenters. The summed E-state index contributed by atoms with van der Waals surface area (Å²) in [6.07, 6.45) is 2.45. The van der Waals surface area contributed by atoms with Gasteiger partial charge in [0.2, 0.25) is 0 Å². The summed E-state index contributed by atoms with van der Waals surface area (Å²) in [5.74, 6) is 0. The van der Waals surface area contributed by atoms with Crippen molar-refractivity contribution in [3.8, 4) is 0 Å². The summed E-state index contributed by atoms with van der Waals surface area (Å²) in [5, 5.41) is 3.63. The second-order valence-electron chi connectivity index (χ2n) is 6.04. The van der Waals surface area contributed by atoms with Crippen LogP contribution < -0.4 is 5.32 Å². The first-order valence-electron chi connectivity index (χ1n) is 7.12. The SMILES string of the molecule is CC(c1ccccc1)N1CCCNC(C)(C)CC1. The predicted octanol–water partition coefficient (Wildman–Crippen LogP) is 3.21. The van der Waals surface area contributed by atoms with Crippen LogP contribution in [-0.2, 0) is 0 Å². The van der Waals surface area contributed by atoms with Gasteiger partial charge in [0.1, 0.15) is 0 Å². The molecule has 0 bridgehead atoms. The number of benzene rings is 1. The summed E-state index contributed by atoms with van der Waals surface area (Å²) in [6.45, 7) is 10.4. The molecule has 18 heavy (non-hydrogen) atoms. The van der Waals surface area contributed by atoms with Gasteiger partial charge >= 0.3 is 0 Å². The molecule has 0 aliphatic carbocycles. The van der Waals surface area contributed by atoms with Crippen LogP contribution >= 0.6 is 0 Å². The van der Waals surface area contributed by atoms with Gasteiger partial charge in [0, 0.05) is 18.1 Å². The molecule has 1 aromatic carbocycles. The smallest absolute Gasteiger partial charge is 0.0319 e. The van der Waals surface area contributed by atoms with Gasteiger partial charge in [-0.3, -0.25) is 4.90 Å². The van der Waals surface area contributed by atoms with E-state index in [1.807, 2.05) is 0 Å². The molecular formula is C16H26N2. The molecule has 0 spiro atoms. The van der Waals surface area contributed by atoms with E-state index in [0.717, 1.165) is 6.54 Å². The fourth-order valence-corrected chi connectivity index (χ4v) is 2.66. The highest BCUT2D eigenvalue weighted by atomic mass is 15.2. The molecule has 1 aliphatic heterocycles. The van der Waals surface area contributed by atoms with E-state index in [0.29, 0.717) is 6.04 Å². The summed E-state index contributed by atoms with van der Waals surface area (Å²) in [4.78, 5) is 2.62. The summed E-state index contributed by atoms with van der Waals surface area (Å²) in [5.41, 5.74) is 1.71. The Labute approximate surface area is 111 Å². The van der Waals surface area contributed by atoms with Gasteiger partial charge in [0.05, 0.1) is 0 Å². The Morgan fingerprint density at radius 3 is 2.61 bits per heavy atom. The van der Waals surface area contributed by atoms with Crippen LogP contribution in [0.3, 0.4) is 0 Å². The topological polar surface area (TPSA) is 15.3 Å². The molecule has 1 aliphatic rings. The standard InChI is InChI=1S/C16H26N2/c1-14(15-8-5-4-6-9-15)18-12-7-11-17-16(2,3)10-13-18/h4-6,8-9,14,17H,7,10-13H2,1-3H3. The van der Waals surface area contributed by atoms with E-state index in [2.05, 4.69) is 61.3 Å². The largest absolute Gasteiger partial charge is 0.312 e. The van der Waals surface area contributed by atoms with Crippen molar-refractivity contribution in [2.24, 2.45) is 0 Å². The highest BCUT2D eigenvalue weighted by Crippen LogP contribution is 2.23. The first-order valence-corrected chi connectivity index (χ1v) is 7.12. The van der Waals surface area contributed by atoms with Crippen molar-refractivity contribution in [1.82, 2.24) is 10.2 Å². The third-order valence-corrected chi connectivity index (χ3v) is 4.08. The Morgan fingerprint density at radius 2 is 1.89 bits per heavy atom. The van der Waals surface area contributed by atoms with Crippen LogP contribution in [0.25, 0.3) is 0 Å². The van der Waals surface area contributed by atoms with Crippen molar-refractivity contribution in [3.05, 3.63) is 35.9 Å². The predicted molar refractivity (Wildman–Crippen MR) is 77.7 cm³/mol. The van der Waals surface area contributed by atoms with E-state index in [1.54, 1.807) is 0 Å². The van der Waals surface area contributed by atoms with E-state index in [9.17, 15) is 0 Å². The van der Waals surface area contributed by atoms with E-state index in [-0.39, 0.29) is 5.54 Å². The van der Waals surface area contributed by atoms with E-state index in [4.69, 9.17) is 0 Å². The van der Waals surface area contributed by atoms with Crippen LogP contribution in [0.1, 0.15) is 45.2 Å². The van der Waals surface area contributed by atoms with Gasteiger partial charge < -0.3 is 5.32 Å². The Kier molecular flexibility index (Phi) is 4.41. The highest BCUT2D eigenvalue weighted by molar-refractivity contribution is 5.18. The number of nitrogens with one attached hydrogen (secondary N) is 1. The number of nitrogens with zero attached hydrogens (tertiary/aromatic N) is 1. The zero-order valence-corrected chi connectivity index (χ0v) is 11.9. The molecule has 1 fully saturated rings. The van der Waals surface area contributed by atoms with Crippen LogP contribution in [0.15, 0.2) is 30.3 Å². The molecule has 2 heteroatoms. The minimum Gasteiger partial charge on any atom is -0.312 e. The molecule has 2 rings (SSSR count). The molecule has 1 heterocycles. The van der Waals surface area contributed by atoms with Gasteiger partial charge in [-0.2, -0.15) is 0 Å². The molecule has 1 saturated heterocycles. The maximum absolute atomic E-state index is 3.63. The molecule has 1 atom stereocenters. The highest BCUT2D eigenvalue weighted by Gasteiger charge is 2.23. The molecule has 0 saturated carbocycles. The molecule has 0 radical (unpaired) electrons. The van der Waals surface area contributed by atoms with Gasteiger partial charge in [0.25, 0.3) is 0 Å². The zero-order valence-electron chi connectivity index (χ0n) is 11.9. The van der Waals surface area contributed by atoms with Crippen LogP contribution in [0.4, 0.5) is 0 Å². The summed E-state index contributed by atoms with van der Waals surface area (Å²) in [6, 6.07) is 11.4. The van der Waals surface area contributed by atoms with Gasteiger partial charge in [-0.25, -0.2) is 0 Å². The average Bonchev–Trinajstić information content (AvgIpc) is 2.36. The monoisotopic (exact) mass is 246 g/mol. The van der Waals surface area contributed by atoms with Gasteiger partial charge in [-0.15, -0.1) is 0 Å². The van der Waals surface area contributed by atoms with Gasteiger partial charge in [-0.1, -0.05) is 30.3 Å². The second kappa shape index (κ2) is 5.85. The Morgan fingerprint density at radius 1 is 1.17 bits per heavy atom. The summed E-state index contributed by atoms with van der Waals surface area (Å²) < 4.78 is 0. The van der Waals surface area contributed by atoms with Crippen molar-refractivity contribution in [2.45, 2.75) is 45.2 Å². The molecule has 0 amide bonds. The molecule has 2 nitrogen and oxygen atoms in total. The third-order valence-electron chi connectivity index (χ3n) is 4.08. The van der Waals surface area contributed by atoms with Crippen LogP contribution in [0.2, 0.25) is 0 Å². The first kappa shape index (κ1) is 13.6. The summed E-state index contributed by atoms with van der Waals surface area (Å²) in [7, 11) is 0. The van der Waals surface area contributed by atoms with Gasteiger partial charge in [-0.05, 0) is 52.3 Å². The Balaban J connectivity index is 2.03. The number of hydrogen-bond acceptors (Lipinski definition) is 2. The number of rotatable bonds is 2. The maximum atomic E-state index is 3.63. The third kappa shape index (κ3) is 3.56. The molecule has 100 valence electrons. The second-order valence-corrected chi connectivity index (χ2v) is 6.04. The van der Waals surface area contributed by atoms with Crippen LogP contribution in [0.5, 0.6) is 0 Å². The minimum absolute atomic E-state index is 0.273. The lowest BCUT2D eigenvalue weighted by Crippen LogP contribution is -2.46. The lowest BCUT2D eigenvalue weighted by molar-refractivity contribution is 0.163. The Bertz CT molecular complexity index is 359. The van der Waals surface area contributed by atoms with Crippen LogP contribution in [0, 0.1) is 0 Å². The molecule has 1 aromatic rings. The van der Waals surface area contributed by atoms with E-state index in [1.165, 1.54) is 31.5 Å². The zero-order chi connectivity index (χ0) is 13.0. The fourth-order valence-electron chi connectivity index (χ4n) is 2.66. The molecular weight excluding hydrogens is 220 g/mol. The van der Waals surface area contributed by atoms with E-state index >= 15 is 0 Å². The van der Waals surface area contributed by atoms with Crippen molar-refractivity contribution in [3.63, 3.8) is 0 Å². The fraction of sp³-hybridized carbons (Fsp3) is 0.625. The normalized spacial score (nSPS) is 23.1. The lowest BCUT2D eigenvalue weighted by atomic mass is 9.97. The van der Waals surface area contributed by atoms with Crippen LogP contribution in [-0.4, -0.2) is 30.1 Å². The molecule has 0 aromatic heterocycles. The minimum atomic E-state index is 0.273.